The van der Waals surface area contributed by atoms with Crippen LogP contribution in [0.3, 0.4) is 0 Å². The molecule has 1 fully saturated rings. The predicted octanol–water partition coefficient (Wildman–Crippen LogP) is 5.20. The standard InChI is InChI=1S/C29H29NO5/c1-18(30-13-12-24(33)16-30)17-34-25-9-6-20(7-10-25)29-28(21-4-3-5-22(31)14-21)19(2)26-15-23(32)8-11-27(26)35-29/h3-11,14-15,18,29,31-32H,12-13,16-17H2,1-2H3. The quantitative estimate of drug-likeness (QED) is 0.514. The number of benzene rings is 3. The Morgan fingerprint density at radius 3 is 2.54 bits per heavy atom. The lowest BCUT2D eigenvalue weighted by Crippen LogP contribution is -2.35. The zero-order valence-corrected chi connectivity index (χ0v) is 19.9. The summed E-state index contributed by atoms with van der Waals surface area (Å²) in [6.07, 6.45) is 0.231. The number of aromatic hydroxyl groups is 2. The minimum absolute atomic E-state index is 0.165. The van der Waals surface area contributed by atoms with Gasteiger partial charge in [0, 0.05) is 30.1 Å². The smallest absolute Gasteiger partial charge is 0.150 e. The first-order valence-electron chi connectivity index (χ1n) is 11.9. The van der Waals surface area contributed by atoms with Gasteiger partial charge in [-0.3, -0.25) is 9.69 Å². The van der Waals surface area contributed by atoms with E-state index >= 15 is 0 Å². The van der Waals surface area contributed by atoms with Crippen LogP contribution in [0.4, 0.5) is 0 Å². The topological polar surface area (TPSA) is 79.2 Å². The zero-order chi connectivity index (χ0) is 24.5. The number of hydrogen-bond acceptors (Lipinski definition) is 6. The molecular formula is C29H29NO5. The highest BCUT2D eigenvalue weighted by Crippen LogP contribution is 2.47. The molecule has 2 aliphatic heterocycles. The van der Waals surface area contributed by atoms with Crippen molar-refractivity contribution in [3.63, 3.8) is 0 Å². The van der Waals surface area contributed by atoms with Crippen molar-refractivity contribution in [3.05, 3.63) is 83.4 Å². The molecule has 0 amide bonds. The van der Waals surface area contributed by atoms with Gasteiger partial charge < -0.3 is 19.7 Å². The molecule has 0 radical (unpaired) electrons. The summed E-state index contributed by atoms with van der Waals surface area (Å²) >= 11 is 0. The third-order valence-corrected chi connectivity index (χ3v) is 6.79. The van der Waals surface area contributed by atoms with Crippen LogP contribution < -0.4 is 9.47 Å². The molecule has 2 aliphatic rings. The van der Waals surface area contributed by atoms with Crippen LogP contribution in [0.5, 0.6) is 23.0 Å². The van der Waals surface area contributed by atoms with Gasteiger partial charge in [0.05, 0.1) is 6.54 Å². The van der Waals surface area contributed by atoms with E-state index in [-0.39, 0.29) is 23.3 Å². The van der Waals surface area contributed by atoms with E-state index in [4.69, 9.17) is 9.47 Å². The van der Waals surface area contributed by atoms with Gasteiger partial charge in [-0.2, -0.15) is 0 Å². The normalized spacial score (nSPS) is 18.8. The fourth-order valence-electron chi connectivity index (χ4n) is 4.81. The summed E-state index contributed by atoms with van der Waals surface area (Å²) in [5.41, 5.74) is 4.55. The van der Waals surface area contributed by atoms with Crippen molar-refractivity contribution in [2.75, 3.05) is 19.7 Å². The minimum atomic E-state index is -0.391. The van der Waals surface area contributed by atoms with Crippen molar-refractivity contribution in [3.8, 4) is 23.0 Å². The number of nitrogens with zero attached hydrogens (tertiary/aromatic N) is 1. The van der Waals surface area contributed by atoms with Gasteiger partial charge in [0.2, 0.25) is 0 Å². The SMILES string of the molecule is CC1=C(c2cccc(O)c2)C(c2ccc(OCC(C)N3CCC(=O)C3)cc2)Oc2ccc(O)cc21. The van der Waals surface area contributed by atoms with E-state index < -0.39 is 6.10 Å². The van der Waals surface area contributed by atoms with Crippen molar-refractivity contribution >= 4 is 16.9 Å². The molecule has 2 unspecified atom stereocenters. The van der Waals surface area contributed by atoms with E-state index in [1.807, 2.05) is 43.3 Å². The number of rotatable bonds is 6. The van der Waals surface area contributed by atoms with Crippen molar-refractivity contribution in [2.45, 2.75) is 32.4 Å². The number of hydrogen-bond donors (Lipinski definition) is 2. The number of Topliss-reactive ketones (excluding diaryl/α,β-unsaturated/α-hetero) is 1. The Balaban J connectivity index is 1.41. The third-order valence-electron chi connectivity index (χ3n) is 6.79. The number of fused-ring (bicyclic) bond motifs is 1. The molecule has 0 aromatic heterocycles. The number of ketones is 1. The fraction of sp³-hybridized carbons (Fsp3) is 0.276. The average Bonchev–Trinajstić information content (AvgIpc) is 3.29. The molecule has 6 heteroatoms. The van der Waals surface area contributed by atoms with Crippen molar-refractivity contribution < 1.29 is 24.5 Å². The average molecular weight is 472 g/mol. The molecule has 0 spiro atoms. The summed E-state index contributed by atoms with van der Waals surface area (Å²) in [6.45, 7) is 5.90. The number of likely N-dealkylation sites (tertiary alicyclic amines) is 1. The van der Waals surface area contributed by atoms with Crippen LogP contribution in [0.15, 0.2) is 66.7 Å². The molecule has 0 aliphatic carbocycles. The number of phenolic OH excluding ortho intramolecular Hbond substituents is 2. The highest BCUT2D eigenvalue weighted by molar-refractivity contribution is 5.95. The second kappa shape index (κ2) is 9.47. The fourth-order valence-corrected chi connectivity index (χ4v) is 4.81. The van der Waals surface area contributed by atoms with Gasteiger partial charge >= 0.3 is 0 Å². The largest absolute Gasteiger partial charge is 0.508 e. The van der Waals surface area contributed by atoms with E-state index in [0.717, 1.165) is 40.1 Å². The van der Waals surface area contributed by atoms with Crippen LogP contribution in [-0.4, -0.2) is 46.6 Å². The van der Waals surface area contributed by atoms with Crippen LogP contribution in [0.2, 0.25) is 0 Å². The van der Waals surface area contributed by atoms with E-state index in [1.54, 1.807) is 30.3 Å². The van der Waals surface area contributed by atoms with Gasteiger partial charge in [0.25, 0.3) is 0 Å². The maximum Gasteiger partial charge on any atom is 0.150 e. The second-order valence-corrected chi connectivity index (χ2v) is 9.26. The first-order valence-corrected chi connectivity index (χ1v) is 11.9. The van der Waals surface area contributed by atoms with Gasteiger partial charge in [0.1, 0.15) is 41.5 Å². The number of ether oxygens (including phenoxy) is 2. The first-order chi connectivity index (χ1) is 16.9. The Bertz CT molecular complexity index is 1280. The molecule has 180 valence electrons. The maximum absolute atomic E-state index is 11.6. The van der Waals surface area contributed by atoms with Crippen LogP contribution in [0, 0.1) is 0 Å². The second-order valence-electron chi connectivity index (χ2n) is 9.26. The maximum atomic E-state index is 11.6. The monoisotopic (exact) mass is 471 g/mol. The van der Waals surface area contributed by atoms with E-state index in [1.165, 1.54) is 0 Å². The van der Waals surface area contributed by atoms with Crippen molar-refractivity contribution in [1.82, 2.24) is 4.90 Å². The summed E-state index contributed by atoms with van der Waals surface area (Å²) in [6, 6.07) is 20.2. The molecule has 2 N–H and O–H groups in total. The molecule has 1 saturated heterocycles. The molecule has 5 rings (SSSR count). The summed E-state index contributed by atoms with van der Waals surface area (Å²) in [4.78, 5) is 13.7. The molecule has 3 aromatic carbocycles. The lowest BCUT2D eigenvalue weighted by molar-refractivity contribution is -0.117. The molecule has 35 heavy (non-hydrogen) atoms. The Morgan fingerprint density at radius 1 is 1.06 bits per heavy atom. The van der Waals surface area contributed by atoms with Gasteiger partial charge in [-0.1, -0.05) is 24.3 Å². The van der Waals surface area contributed by atoms with Crippen LogP contribution >= 0.6 is 0 Å². The van der Waals surface area contributed by atoms with Crippen molar-refractivity contribution in [1.29, 1.82) is 0 Å². The predicted molar refractivity (Wildman–Crippen MR) is 135 cm³/mol. The van der Waals surface area contributed by atoms with Crippen LogP contribution in [-0.2, 0) is 4.79 Å². The van der Waals surface area contributed by atoms with Gasteiger partial charge in [-0.05, 0) is 73.0 Å². The number of phenols is 2. The van der Waals surface area contributed by atoms with Gasteiger partial charge in [-0.15, -0.1) is 0 Å². The first kappa shape index (κ1) is 23.0. The zero-order valence-electron chi connectivity index (χ0n) is 19.9. The van der Waals surface area contributed by atoms with Crippen molar-refractivity contribution in [2.24, 2.45) is 0 Å². The summed E-state index contributed by atoms with van der Waals surface area (Å²) < 4.78 is 12.4. The molecule has 2 atom stereocenters. The minimum Gasteiger partial charge on any atom is -0.508 e. The lowest BCUT2D eigenvalue weighted by atomic mass is 9.86. The number of allylic oxidation sites excluding steroid dienone is 1. The summed E-state index contributed by atoms with van der Waals surface area (Å²) in [7, 11) is 0. The molecule has 6 nitrogen and oxygen atoms in total. The Hall–Kier alpha value is -3.77. The summed E-state index contributed by atoms with van der Waals surface area (Å²) in [5, 5.41) is 20.2. The van der Waals surface area contributed by atoms with Crippen LogP contribution in [0.1, 0.15) is 43.1 Å². The molecule has 2 heterocycles. The highest BCUT2D eigenvalue weighted by atomic mass is 16.5. The van der Waals surface area contributed by atoms with E-state index in [2.05, 4.69) is 11.8 Å². The third kappa shape index (κ3) is 4.75. The van der Waals surface area contributed by atoms with Gasteiger partial charge in [0.15, 0.2) is 0 Å². The number of carbonyl (C=O) groups is 1. The Labute approximate surface area is 205 Å². The van der Waals surface area contributed by atoms with Gasteiger partial charge in [-0.25, -0.2) is 0 Å². The Kier molecular flexibility index (Phi) is 6.22. The lowest BCUT2D eigenvalue weighted by Gasteiger charge is -2.31. The number of carbonyl (C=O) groups excluding carboxylic acids is 1. The molecule has 3 aromatic rings. The molecular weight excluding hydrogens is 442 g/mol. The van der Waals surface area contributed by atoms with E-state index in [0.29, 0.717) is 25.3 Å². The highest BCUT2D eigenvalue weighted by Gasteiger charge is 2.30. The summed E-state index contributed by atoms with van der Waals surface area (Å²) in [5.74, 6) is 2.10. The Morgan fingerprint density at radius 2 is 1.83 bits per heavy atom. The molecule has 0 saturated carbocycles. The van der Waals surface area contributed by atoms with Crippen LogP contribution in [0.25, 0.3) is 11.1 Å². The molecule has 0 bridgehead atoms. The van der Waals surface area contributed by atoms with E-state index in [9.17, 15) is 15.0 Å².